The molecule has 2 unspecified atom stereocenters. The second kappa shape index (κ2) is 4.88. The van der Waals surface area contributed by atoms with Crippen molar-refractivity contribution in [3.63, 3.8) is 0 Å². The second-order valence-corrected chi connectivity index (χ2v) is 7.20. The van der Waals surface area contributed by atoms with Gasteiger partial charge in [-0.05, 0) is 74.1 Å². The molecule has 1 amide bonds. The first-order chi connectivity index (χ1) is 10.5. The van der Waals surface area contributed by atoms with Crippen molar-refractivity contribution in [3.8, 4) is 5.75 Å². The number of hydrogen-bond donors (Lipinski definition) is 3. The van der Waals surface area contributed by atoms with Gasteiger partial charge in [-0.15, -0.1) is 0 Å². The Labute approximate surface area is 129 Å². The van der Waals surface area contributed by atoms with Crippen molar-refractivity contribution in [1.29, 1.82) is 0 Å². The van der Waals surface area contributed by atoms with Crippen LogP contribution in [0.3, 0.4) is 0 Å². The molecule has 22 heavy (non-hydrogen) atoms. The molecule has 0 saturated heterocycles. The summed E-state index contributed by atoms with van der Waals surface area (Å²) in [5, 5.41) is 22.2. The second-order valence-electron chi connectivity index (χ2n) is 7.20. The van der Waals surface area contributed by atoms with Gasteiger partial charge in [0.15, 0.2) is 0 Å². The van der Waals surface area contributed by atoms with Gasteiger partial charge in [0.25, 0.3) is 0 Å². The predicted molar refractivity (Wildman–Crippen MR) is 80.5 cm³/mol. The molecule has 0 aliphatic heterocycles. The highest BCUT2D eigenvalue weighted by molar-refractivity contribution is 5.85. The molecular formula is C17H21NO4. The first-order valence-electron chi connectivity index (χ1n) is 8.00. The fourth-order valence-corrected chi connectivity index (χ4v) is 4.93. The molecule has 0 aromatic heterocycles. The number of benzene rings is 1. The van der Waals surface area contributed by atoms with Crippen molar-refractivity contribution >= 4 is 11.8 Å². The lowest BCUT2D eigenvalue weighted by molar-refractivity contribution is -0.174. The van der Waals surface area contributed by atoms with Gasteiger partial charge in [-0.25, -0.2) is 4.79 Å². The Morgan fingerprint density at radius 2 is 1.77 bits per heavy atom. The van der Waals surface area contributed by atoms with Crippen LogP contribution in [-0.4, -0.2) is 28.0 Å². The number of amides is 1. The monoisotopic (exact) mass is 303 g/mol. The van der Waals surface area contributed by atoms with Gasteiger partial charge in [0.05, 0.1) is 6.10 Å². The average Bonchev–Trinajstić information content (AvgIpc) is 2.45. The molecule has 1 aromatic rings. The van der Waals surface area contributed by atoms with E-state index in [-0.39, 0.29) is 23.7 Å². The number of phenolic OH excluding ortho intramolecular Hbond substituents is 1. The van der Waals surface area contributed by atoms with Crippen LogP contribution in [0.2, 0.25) is 0 Å². The minimum Gasteiger partial charge on any atom is -0.508 e. The van der Waals surface area contributed by atoms with Crippen LogP contribution in [0.15, 0.2) is 24.3 Å². The quantitative estimate of drug-likeness (QED) is 0.734. The summed E-state index contributed by atoms with van der Waals surface area (Å²) in [7, 11) is 0. The highest BCUT2D eigenvalue weighted by atomic mass is 16.6. The van der Waals surface area contributed by atoms with Crippen molar-refractivity contribution < 1.29 is 19.7 Å². The first-order valence-corrected chi connectivity index (χ1v) is 8.00. The molecule has 5 nitrogen and oxygen atoms in total. The zero-order valence-corrected chi connectivity index (χ0v) is 12.4. The fourth-order valence-electron chi connectivity index (χ4n) is 4.93. The maximum Gasteiger partial charge on any atom is 0.412 e. The summed E-state index contributed by atoms with van der Waals surface area (Å²) < 4.78 is 5.81. The summed E-state index contributed by atoms with van der Waals surface area (Å²) in [5.74, 6) is 1.32. The fraction of sp³-hybridized carbons (Fsp3) is 0.588. The van der Waals surface area contributed by atoms with Gasteiger partial charge in [-0.3, -0.25) is 5.32 Å². The standard InChI is InChI=1S/C17H21NO4/c19-14-3-1-13(2-4-14)18-16(21)22-17-7-10-5-11(8-17)15(20)12(6-10)9-17/h1-4,10-12,15,19-20H,5-9H2,(H,18,21). The first kappa shape index (κ1) is 13.9. The molecule has 3 N–H and O–H groups in total. The Kier molecular flexibility index (Phi) is 3.08. The molecular weight excluding hydrogens is 282 g/mol. The molecule has 5 rings (SSSR count). The summed E-state index contributed by atoms with van der Waals surface area (Å²) in [6.07, 6.45) is 3.98. The molecule has 4 bridgehead atoms. The number of aliphatic hydroxyl groups is 1. The third-order valence-electron chi connectivity index (χ3n) is 5.59. The van der Waals surface area contributed by atoms with E-state index in [1.807, 2.05) is 0 Å². The number of phenols is 1. The summed E-state index contributed by atoms with van der Waals surface area (Å²) in [6, 6.07) is 6.33. The van der Waals surface area contributed by atoms with Gasteiger partial charge in [0.2, 0.25) is 0 Å². The SMILES string of the molecule is O=C(Nc1ccc(O)cc1)OC12CC3CC(C1)C(O)C(C3)C2. The average molecular weight is 303 g/mol. The van der Waals surface area contributed by atoms with Gasteiger partial charge < -0.3 is 14.9 Å². The van der Waals surface area contributed by atoms with E-state index in [9.17, 15) is 15.0 Å². The number of carbonyl (C=O) groups excluding carboxylic acids is 1. The van der Waals surface area contributed by atoms with E-state index in [4.69, 9.17) is 4.74 Å². The molecule has 118 valence electrons. The molecule has 4 saturated carbocycles. The molecule has 5 heteroatoms. The lowest BCUT2D eigenvalue weighted by Crippen LogP contribution is -2.58. The maximum absolute atomic E-state index is 12.2. The highest BCUT2D eigenvalue weighted by Crippen LogP contribution is 2.57. The van der Waals surface area contributed by atoms with E-state index in [2.05, 4.69) is 5.32 Å². The lowest BCUT2D eigenvalue weighted by atomic mass is 9.53. The molecule has 0 heterocycles. The van der Waals surface area contributed by atoms with E-state index >= 15 is 0 Å². The topological polar surface area (TPSA) is 78.8 Å². The number of aliphatic hydroxyl groups excluding tert-OH is 1. The van der Waals surface area contributed by atoms with Crippen LogP contribution in [0.1, 0.15) is 32.1 Å². The lowest BCUT2D eigenvalue weighted by Gasteiger charge is -2.57. The Bertz CT molecular complexity index is 569. The predicted octanol–water partition coefficient (Wildman–Crippen LogP) is 2.88. The largest absolute Gasteiger partial charge is 0.508 e. The number of hydrogen-bond acceptors (Lipinski definition) is 4. The number of aromatic hydroxyl groups is 1. The molecule has 0 radical (unpaired) electrons. The van der Waals surface area contributed by atoms with Crippen LogP contribution < -0.4 is 5.32 Å². The molecule has 0 spiro atoms. The van der Waals surface area contributed by atoms with Crippen molar-refractivity contribution in [3.05, 3.63) is 24.3 Å². The number of rotatable bonds is 2. The van der Waals surface area contributed by atoms with Crippen LogP contribution in [0.25, 0.3) is 0 Å². The maximum atomic E-state index is 12.2. The minimum atomic E-state index is -0.442. The molecule has 4 fully saturated rings. The number of anilines is 1. The van der Waals surface area contributed by atoms with Crippen LogP contribution in [-0.2, 0) is 4.74 Å². The highest BCUT2D eigenvalue weighted by Gasteiger charge is 2.57. The van der Waals surface area contributed by atoms with Crippen LogP contribution in [0, 0.1) is 17.8 Å². The third kappa shape index (κ3) is 2.33. The van der Waals surface area contributed by atoms with E-state index < -0.39 is 11.7 Å². The number of nitrogens with one attached hydrogen (secondary N) is 1. The van der Waals surface area contributed by atoms with E-state index in [0.717, 1.165) is 32.1 Å². The zero-order chi connectivity index (χ0) is 15.3. The number of carbonyl (C=O) groups is 1. The van der Waals surface area contributed by atoms with Gasteiger partial charge >= 0.3 is 6.09 Å². The molecule has 4 aliphatic carbocycles. The Hall–Kier alpha value is -1.75. The molecule has 2 atom stereocenters. The van der Waals surface area contributed by atoms with E-state index in [1.165, 1.54) is 12.1 Å². The third-order valence-corrected chi connectivity index (χ3v) is 5.59. The van der Waals surface area contributed by atoms with Crippen LogP contribution >= 0.6 is 0 Å². The normalized spacial score (nSPS) is 38.8. The van der Waals surface area contributed by atoms with Gasteiger partial charge in [0.1, 0.15) is 11.4 Å². The Balaban J connectivity index is 1.44. The summed E-state index contributed by atoms with van der Waals surface area (Å²) in [4.78, 5) is 12.2. The van der Waals surface area contributed by atoms with Gasteiger partial charge in [-0.1, -0.05) is 0 Å². The van der Waals surface area contributed by atoms with Gasteiger partial charge in [0, 0.05) is 5.69 Å². The Morgan fingerprint density at radius 1 is 1.14 bits per heavy atom. The molecule has 4 aliphatic rings. The molecule has 1 aromatic carbocycles. The zero-order valence-electron chi connectivity index (χ0n) is 12.4. The smallest absolute Gasteiger partial charge is 0.412 e. The summed E-state index contributed by atoms with van der Waals surface area (Å²) >= 11 is 0. The van der Waals surface area contributed by atoms with Crippen molar-refractivity contribution in [1.82, 2.24) is 0 Å². The summed E-state index contributed by atoms with van der Waals surface area (Å²) in [6.45, 7) is 0. The van der Waals surface area contributed by atoms with E-state index in [0.29, 0.717) is 11.6 Å². The van der Waals surface area contributed by atoms with E-state index in [1.54, 1.807) is 12.1 Å². The van der Waals surface area contributed by atoms with Crippen LogP contribution in [0.5, 0.6) is 5.75 Å². The summed E-state index contributed by atoms with van der Waals surface area (Å²) in [5.41, 5.74) is 0.212. The van der Waals surface area contributed by atoms with Crippen molar-refractivity contribution in [2.24, 2.45) is 17.8 Å². The van der Waals surface area contributed by atoms with Gasteiger partial charge in [-0.2, -0.15) is 0 Å². The Morgan fingerprint density at radius 3 is 2.41 bits per heavy atom. The van der Waals surface area contributed by atoms with Crippen molar-refractivity contribution in [2.75, 3.05) is 5.32 Å². The van der Waals surface area contributed by atoms with Crippen LogP contribution in [0.4, 0.5) is 10.5 Å². The van der Waals surface area contributed by atoms with Crippen molar-refractivity contribution in [2.45, 2.75) is 43.8 Å². The minimum absolute atomic E-state index is 0.161. The number of ether oxygens (including phenoxy) is 1.